The van der Waals surface area contributed by atoms with E-state index in [0.717, 1.165) is 40.1 Å². The standard InChI is InChI=1S/C35H34N6O3/c1-43-26-17-16-25(32(20-26)44-2)23-41-33(18-15-24-10-4-3-5-11-24)39-40-34(41)29(22-38-35(42)31-14-8-9-19-36-31)28-21-37-30-13-7-6-12-27(28)30/h3-14,16-17,19-21,29,37H,15,18,22-23H2,1-2H3,(H,38,42). The lowest BCUT2D eigenvalue weighted by Gasteiger charge is -2.20. The fourth-order valence-electron chi connectivity index (χ4n) is 5.52. The third kappa shape index (κ3) is 6.17. The number of carbonyl (C=O) groups excluding carboxylic acids is 1. The number of para-hydroxylation sites is 1. The van der Waals surface area contributed by atoms with Gasteiger partial charge in [0.05, 0.1) is 26.7 Å². The first-order valence-corrected chi connectivity index (χ1v) is 14.6. The molecule has 0 radical (unpaired) electrons. The Bertz CT molecular complexity index is 1850. The van der Waals surface area contributed by atoms with Crippen LogP contribution in [0.1, 0.15) is 44.7 Å². The Hall–Kier alpha value is -5.44. The first kappa shape index (κ1) is 28.7. The molecule has 1 atom stereocenters. The van der Waals surface area contributed by atoms with Crippen LogP contribution in [-0.4, -0.2) is 51.4 Å². The minimum Gasteiger partial charge on any atom is -0.497 e. The van der Waals surface area contributed by atoms with Crippen LogP contribution < -0.4 is 14.8 Å². The summed E-state index contributed by atoms with van der Waals surface area (Å²) in [6.45, 7) is 0.778. The van der Waals surface area contributed by atoms with E-state index in [9.17, 15) is 4.79 Å². The van der Waals surface area contributed by atoms with E-state index >= 15 is 0 Å². The van der Waals surface area contributed by atoms with E-state index in [1.54, 1.807) is 38.6 Å². The van der Waals surface area contributed by atoms with Gasteiger partial charge in [-0.1, -0.05) is 54.6 Å². The molecule has 6 rings (SSSR count). The Morgan fingerprint density at radius 3 is 2.52 bits per heavy atom. The van der Waals surface area contributed by atoms with Crippen LogP contribution in [-0.2, 0) is 19.4 Å². The number of methoxy groups -OCH3 is 2. The summed E-state index contributed by atoms with van der Waals surface area (Å²) in [4.78, 5) is 20.8. The SMILES string of the molecule is COc1ccc(Cn2c(CCc3ccccc3)nnc2C(CNC(=O)c2ccccn2)c2c[nH]c3ccccc23)c(OC)c1. The van der Waals surface area contributed by atoms with E-state index in [4.69, 9.17) is 19.7 Å². The summed E-state index contributed by atoms with van der Waals surface area (Å²) in [6, 6.07) is 29.6. The van der Waals surface area contributed by atoms with E-state index in [-0.39, 0.29) is 11.8 Å². The molecule has 0 saturated carbocycles. The number of aromatic amines is 1. The predicted octanol–water partition coefficient (Wildman–Crippen LogP) is 5.57. The molecule has 0 bridgehead atoms. The number of aromatic nitrogens is 5. The lowest BCUT2D eigenvalue weighted by Crippen LogP contribution is -2.31. The third-order valence-electron chi connectivity index (χ3n) is 7.83. The number of hydrogen-bond acceptors (Lipinski definition) is 6. The predicted molar refractivity (Wildman–Crippen MR) is 169 cm³/mol. The number of pyridine rings is 1. The van der Waals surface area contributed by atoms with E-state index in [2.05, 4.69) is 38.1 Å². The Morgan fingerprint density at radius 2 is 1.73 bits per heavy atom. The van der Waals surface area contributed by atoms with Gasteiger partial charge >= 0.3 is 0 Å². The van der Waals surface area contributed by atoms with E-state index in [1.165, 1.54) is 5.56 Å². The van der Waals surface area contributed by atoms with E-state index in [0.29, 0.717) is 36.7 Å². The number of nitrogens with one attached hydrogen (secondary N) is 2. The summed E-state index contributed by atoms with van der Waals surface area (Å²) < 4.78 is 13.4. The third-order valence-corrected chi connectivity index (χ3v) is 7.83. The molecular formula is C35H34N6O3. The number of ether oxygens (including phenoxy) is 2. The van der Waals surface area contributed by atoms with Gasteiger partial charge < -0.3 is 24.3 Å². The maximum absolute atomic E-state index is 13.1. The molecule has 0 saturated heterocycles. The Balaban J connectivity index is 1.42. The van der Waals surface area contributed by atoms with Gasteiger partial charge in [-0.2, -0.15) is 0 Å². The molecule has 6 aromatic rings. The molecule has 0 aliphatic heterocycles. The zero-order chi connectivity index (χ0) is 30.3. The van der Waals surface area contributed by atoms with Crippen LogP contribution in [0.3, 0.4) is 0 Å². The fraction of sp³-hybridized carbons (Fsp3) is 0.200. The highest BCUT2D eigenvalue weighted by molar-refractivity contribution is 5.92. The summed E-state index contributed by atoms with van der Waals surface area (Å²) >= 11 is 0. The number of carbonyl (C=O) groups is 1. The van der Waals surface area contributed by atoms with Crippen LogP contribution in [0, 0.1) is 0 Å². The van der Waals surface area contributed by atoms with Crippen molar-refractivity contribution in [3.63, 3.8) is 0 Å². The highest BCUT2D eigenvalue weighted by atomic mass is 16.5. The molecule has 3 heterocycles. The number of amides is 1. The molecule has 0 spiro atoms. The number of nitrogens with zero attached hydrogens (tertiary/aromatic N) is 4. The summed E-state index contributed by atoms with van der Waals surface area (Å²) in [5.41, 5.74) is 4.58. The van der Waals surface area contributed by atoms with Gasteiger partial charge in [0.1, 0.15) is 28.8 Å². The molecular weight excluding hydrogens is 552 g/mol. The number of H-pyrrole nitrogens is 1. The summed E-state index contributed by atoms with van der Waals surface area (Å²) in [5, 5.41) is 13.7. The van der Waals surface area contributed by atoms with Crippen molar-refractivity contribution in [3.8, 4) is 11.5 Å². The lowest BCUT2D eigenvalue weighted by atomic mass is 9.97. The molecule has 0 fully saturated rings. The molecule has 1 amide bonds. The van der Waals surface area contributed by atoms with Gasteiger partial charge in [0, 0.05) is 47.9 Å². The largest absolute Gasteiger partial charge is 0.497 e. The van der Waals surface area contributed by atoms with Gasteiger partial charge in [0.15, 0.2) is 0 Å². The van der Waals surface area contributed by atoms with Crippen molar-refractivity contribution in [3.05, 3.63) is 137 Å². The average Bonchev–Trinajstić information content (AvgIpc) is 3.69. The van der Waals surface area contributed by atoms with Crippen LogP contribution >= 0.6 is 0 Å². The molecule has 3 aromatic heterocycles. The Morgan fingerprint density at radius 1 is 0.909 bits per heavy atom. The minimum atomic E-state index is -0.305. The molecule has 0 aliphatic rings. The van der Waals surface area contributed by atoms with Crippen LogP contribution in [0.5, 0.6) is 11.5 Å². The minimum absolute atomic E-state index is 0.248. The molecule has 9 heteroatoms. The highest BCUT2D eigenvalue weighted by Crippen LogP contribution is 2.32. The zero-order valence-electron chi connectivity index (χ0n) is 24.7. The second-order valence-electron chi connectivity index (χ2n) is 10.5. The highest BCUT2D eigenvalue weighted by Gasteiger charge is 2.27. The van der Waals surface area contributed by atoms with Gasteiger partial charge in [-0.3, -0.25) is 9.78 Å². The van der Waals surface area contributed by atoms with E-state index in [1.807, 2.05) is 60.8 Å². The number of benzene rings is 3. The van der Waals surface area contributed by atoms with Crippen molar-refractivity contribution in [2.45, 2.75) is 25.3 Å². The molecule has 3 aromatic carbocycles. The maximum atomic E-state index is 13.1. The summed E-state index contributed by atoms with van der Waals surface area (Å²) in [7, 11) is 3.29. The average molecular weight is 587 g/mol. The summed E-state index contributed by atoms with van der Waals surface area (Å²) in [6.07, 6.45) is 5.12. The molecule has 9 nitrogen and oxygen atoms in total. The number of fused-ring (bicyclic) bond motifs is 1. The molecule has 2 N–H and O–H groups in total. The van der Waals surface area contributed by atoms with E-state index < -0.39 is 0 Å². The van der Waals surface area contributed by atoms with Crippen molar-refractivity contribution in [2.75, 3.05) is 20.8 Å². The monoisotopic (exact) mass is 586 g/mol. The quantitative estimate of drug-likeness (QED) is 0.194. The first-order valence-electron chi connectivity index (χ1n) is 14.6. The Labute approximate surface area is 255 Å². The maximum Gasteiger partial charge on any atom is 0.269 e. The van der Waals surface area contributed by atoms with Gasteiger partial charge in [-0.25, -0.2) is 0 Å². The van der Waals surface area contributed by atoms with Crippen LogP contribution in [0.2, 0.25) is 0 Å². The van der Waals surface area contributed by atoms with Crippen LogP contribution in [0.4, 0.5) is 0 Å². The van der Waals surface area contributed by atoms with Crippen LogP contribution in [0.25, 0.3) is 10.9 Å². The van der Waals surface area contributed by atoms with Gasteiger partial charge in [0.2, 0.25) is 0 Å². The van der Waals surface area contributed by atoms with Crippen molar-refractivity contribution >= 4 is 16.8 Å². The summed E-state index contributed by atoms with van der Waals surface area (Å²) in [5.74, 6) is 2.47. The molecule has 1 unspecified atom stereocenters. The van der Waals surface area contributed by atoms with Crippen molar-refractivity contribution in [2.24, 2.45) is 0 Å². The number of rotatable bonds is 12. The zero-order valence-corrected chi connectivity index (χ0v) is 24.7. The normalized spacial score (nSPS) is 11.8. The fourth-order valence-corrected chi connectivity index (χ4v) is 5.52. The smallest absolute Gasteiger partial charge is 0.269 e. The number of aryl methyl sites for hydroxylation is 2. The lowest BCUT2D eigenvalue weighted by molar-refractivity contribution is 0.0947. The second kappa shape index (κ2) is 13.2. The van der Waals surface area contributed by atoms with Gasteiger partial charge in [0.25, 0.3) is 5.91 Å². The molecule has 44 heavy (non-hydrogen) atoms. The van der Waals surface area contributed by atoms with Crippen LogP contribution in [0.15, 0.2) is 103 Å². The molecule has 0 aliphatic carbocycles. The van der Waals surface area contributed by atoms with Crippen molar-refractivity contribution in [1.82, 2.24) is 30.0 Å². The van der Waals surface area contributed by atoms with Crippen molar-refractivity contribution in [1.29, 1.82) is 0 Å². The van der Waals surface area contributed by atoms with Gasteiger partial charge in [-0.05, 0) is 47.9 Å². The molecule has 222 valence electrons. The topological polar surface area (TPSA) is 107 Å². The van der Waals surface area contributed by atoms with Gasteiger partial charge in [-0.15, -0.1) is 10.2 Å². The van der Waals surface area contributed by atoms with Crippen molar-refractivity contribution < 1.29 is 14.3 Å². The Kier molecular flexibility index (Phi) is 8.63. The second-order valence-corrected chi connectivity index (χ2v) is 10.5. The first-order chi connectivity index (χ1) is 21.6. The number of hydrogen-bond donors (Lipinski definition) is 2.